The molecule has 0 aliphatic heterocycles. The minimum absolute atomic E-state index is 0.208. The maximum absolute atomic E-state index is 13.9. The summed E-state index contributed by atoms with van der Waals surface area (Å²) in [4.78, 5) is 11.9. The number of ether oxygens (including phenoxy) is 1. The molecule has 0 aromatic heterocycles. The Bertz CT molecular complexity index is 530. The van der Waals surface area contributed by atoms with E-state index in [1.165, 1.54) is 13.2 Å². The summed E-state index contributed by atoms with van der Waals surface area (Å²) in [7, 11) is 1.46. The first-order valence-corrected chi connectivity index (χ1v) is 7.54. The molecule has 0 radical (unpaired) electrons. The first-order chi connectivity index (χ1) is 10.4. The molecule has 22 heavy (non-hydrogen) atoms. The van der Waals surface area contributed by atoms with Crippen LogP contribution >= 0.6 is 0 Å². The number of rotatable bonds is 5. The molecule has 1 aromatic carbocycles. The van der Waals surface area contributed by atoms with E-state index < -0.39 is 23.5 Å². The van der Waals surface area contributed by atoms with Gasteiger partial charge in [0.25, 0.3) is 0 Å². The van der Waals surface area contributed by atoms with Gasteiger partial charge >= 0.3 is 6.03 Å². The Hall–Kier alpha value is -1.82. The van der Waals surface area contributed by atoms with Gasteiger partial charge < -0.3 is 20.5 Å². The summed E-state index contributed by atoms with van der Waals surface area (Å²) < 4.78 is 19.1. The number of carbonyl (C=O) groups is 1. The minimum atomic E-state index is -0.809. The van der Waals surface area contributed by atoms with Crippen molar-refractivity contribution in [3.8, 4) is 5.75 Å². The van der Waals surface area contributed by atoms with E-state index in [9.17, 15) is 14.3 Å². The van der Waals surface area contributed by atoms with Gasteiger partial charge in [-0.3, -0.25) is 0 Å². The van der Waals surface area contributed by atoms with Crippen LogP contribution in [-0.2, 0) is 0 Å². The summed E-state index contributed by atoms with van der Waals surface area (Å²) in [6, 6.07) is 3.55. The van der Waals surface area contributed by atoms with Crippen LogP contribution in [0.5, 0.6) is 5.75 Å². The number of urea groups is 1. The fraction of sp³-hybridized carbons (Fsp3) is 0.562. The third kappa shape index (κ3) is 3.88. The van der Waals surface area contributed by atoms with Gasteiger partial charge in [0.2, 0.25) is 0 Å². The van der Waals surface area contributed by atoms with Gasteiger partial charge in [0.05, 0.1) is 24.3 Å². The quantitative estimate of drug-likeness (QED) is 0.782. The monoisotopic (exact) mass is 310 g/mol. The van der Waals surface area contributed by atoms with Crippen molar-refractivity contribution >= 4 is 6.03 Å². The average Bonchev–Trinajstić information content (AvgIpc) is 2.92. The smallest absolute Gasteiger partial charge is 0.315 e. The van der Waals surface area contributed by atoms with Crippen molar-refractivity contribution in [2.75, 3.05) is 13.7 Å². The molecule has 0 saturated heterocycles. The lowest BCUT2D eigenvalue weighted by Crippen LogP contribution is -2.45. The molecule has 1 unspecified atom stereocenters. The molecule has 1 saturated carbocycles. The second-order valence-electron chi connectivity index (χ2n) is 5.84. The molecule has 0 heterocycles. The van der Waals surface area contributed by atoms with Crippen molar-refractivity contribution in [3.63, 3.8) is 0 Å². The van der Waals surface area contributed by atoms with Crippen molar-refractivity contribution in [2.45, 2.75) is 44.2 Å². The van der Waals surface area contributed by atoms with Gasteiger partial charge in [0.15, 0.2) is 0 Å². The number of carbonyl (C=O) groups excluding carboxylic acids is 1. The van der Waals surface area contributed by atoms with E-state index in [1.54, 1.807) is 19.1 Å². The highest BCUT2D eigenvalue weighted by Crippen LogP contribution is 2.29. The van der Waals surface area contributed by atoms with Crippen molar-refractivity contribution < 1.29 is 19.0 Å². The molecule has 2 rings (SSSR count). The van der Waals surface area contributed by atoms with E-state index >= 15 is 0 Å². The third-order valence-electron chi connectivity index (χ3n) is 4.13. The first-order valence-electron chi connectivity index (χ1n) is 7.54. The second kappa shape index (κ2) is 6.96. The molecular weight excluding hydrogens is 287 g/mol. The zero-order valence-corrected chi connectivity index (χ0v) is 13.0. The van der Waals surface area contributed by atoms with Crippen molar-refractivity contribution in [2.24, 2.45) is 0 Å². The second-order valence-corrected chi connectivity index (χ2v) is 5.84. The molecule has 0 spiro atoms. The predicted octanol–water partition coefficient (Wildman–Crippen LogP) is 2.50. The summed E-state index contributed by atoms with van der Waals surface area (Å²) in [5, 5.41) is 15.5. The summed E-state index contributed by atoms with van der Waals surface area (Å²) in [6.07, 6.45) is 3.35. The Labute approximate surface area is 129 Å². The molecule has 1 fully saturated rings. The van der Waals surface area contributed by atoms with Gasteiger partial charge in [-0.1, -0.05) is 18.9 Å². The summed E-state index contributed by atoms with van der Waals surface area (Å²) in [6.45, 7) is 1.89. The van der Waals surface area contributed by atoms with E-state index in [4.69, 9.17) is 4.74 Å². The lowest BCUT2D eigenvalue weighted by molar-refractivity contribution is 0.0500. The summed E-state index contributed by atoms with van der Waals surface area (Å²) >= 11 is 0. The van der Waals surface area contributed by atoms with Crippen LogP contribution in [0.15, 0.2) is 18.2 Å². The van der Waals surface area contributed by atoms with Crippen LogP contribution in [0.3, 0.4) is 0 Å². The standard InChI is InChI=1S/C16H23FN2O3/c1-11(14-12(17)6-5-7-13(14)22-2)19-15(20)18-10-16(21)8-3-4-9-16/h5-7,11,21H,3-4,8-10H2,1-2H3,(H2,18,19,20). The van der Waals surface area contributed by atoms with Crippen LogP contribution in [0, 0.1) is 5.82 Å². The van der Waals surface area contributed by atoms with E-state index in [0.29, 0.717) is 24.2 Å². The van der Waals surface area contributed by atoms with Crippen molar-refractivity contribution in [1.29, 1.82) is 0 Å². The normalized spacial score (nSPS) is 17.8. The van der Waals surface area contributed by atoms with Crippen LogP contribution in [0.2, 0.25) is 0 Å². The Morgan fingerprint density at radius 3 is 2.77 bits per heavy atom. The van der Waals surface area contributed by atoms with E-state index in [2.05, 4.69) is 10.6 Å². The van der Waals surface area contributed by atoms with Crippen LogP contribution in [0.25, 0.3) is 0 Å². The zero-order valence-electron chi connectivity index (χ0n) is 13.0. The average molecular weight is 310 g/mol. The molecule has 3 N–H and O–H groups in total. The number of hydrogen-bond donors (Lipinski definition) is 3. The minimum Gasteiger partial charge on any atom is -0.496 e. The summed E-state index contributed by atoms with van der Waals surface area (Å²) in [5.41, 5.74) is -0.504. The van der Waals surface area contributed by atoms with Gasteiger partial charge in [0, 0.05) is 6.54 Å². The highest BCUT2D eigenvalue weighted by atomic mass is 19.1. The zero-order chi connectivity index (χ0) is 16.2. The molecule has 1 aliphatic carbocycles. The first kappa shape index (κ1) is 16.5. The lowest BCUT2D eigenvalue weighted by atomic mass is 10.0. The molecule has 1 atom stereocenters. The number of halogens is 1. The molecule has 5 nitrogen and oxygen atoms in total. The van der Waals surface area contributed by atoms with Crippen LogP contribution < -0.4 is 15.4 Å². The van der Waals surface area contributed by atoms with Crippen LogP contribution in [0.4, 0.5) is 9.18 Å². The fourth-order valence-electron chi connectivity index (χ4n) is 2.89. The predicted molar refractivity (Wildman–Crippen MR) is 81.3 cm³/mol. The Kier molecular flexibility index (Phi) is 5.24. The highest BCUT2D eigenvalue weighted by Gasteiger charge is 2.31. The van der Waals surface area contributed by atoms with Gasteiger partial charge in [0.1, 0.15) is 11.6 Å². The molecule has 0 bridgehead atoms. The van der Waals surface area contributed by atoms with E-state index in [-0.39, 0.29) is 6.54 Å². The number of benzene rings is 1. The maximum Gasteiger partial charge on any atom is 0.315 e. The molecule has 2 amide bonds. The van der Waals surface area contributed by atoms with Gasteiger partial charge in [-0.05, 0) is 31.9 Å². The van der Waals surface area contributed by atoms with Gasteiger partial charge in [-0.2, -0.15) is 0 Å². The van der Waals surface area contributed by atoms with E-state index in [1.807, 2.05) is 0 Å². The molecule has 6 heteroatoms. The Balaban J connectivity index is 1.94. The number of hydrogen-bond acceptors (Lipinski definition) is 3. The number of nitrogens with one attached hydrogen (secondary N) is 2. The highest BCUT2D eigenvalue weighted by molar-refractivity contribution is 5.74. The third-order valence-corrected chi connectivity index (χ3v) is 4.13. The Morgan fingerprint density at radius 2 is 2.14 bits per heavy atom. The Morgan fingerprint density at radius 1 is 1.45 bits per heavy atom. The van der Waals surface area contributed by atoms with Gasteiger partial charge in [-0.15, -0.1) is 0 Å². The van der Waals surface area contributed by atoms with Crippen molar-refractivity contribution in [3.05, 3.63) is 29.6 Å². The van der Waals surface area contributed by atoms with Gasteiger partial charge in [-0.25, -0.2) is 9.18 Å². The SMILES string of the molecule is COc1cccc(F)c1C(C)NC(=O)NCC1(O)CCCC1. The largest absolute Gasteiger partial charge is 0.496 e. The number of amides is 2. The molecular formula is C16H23FN2O3. The molecule has 1 aliphatic rings. The molecule has 1 aromatic rings. The molecule has 122 valence electrons. The summed E-state index contributed by atoms with van der Waals surface area (Å²) in [5.74, 6) is -0.0382. The van der Waals surface area contributed by atoms with E-state index in [0.717, 1.165) is 12.8 Å². The lowest BCUT2D eigenvalue weighted by Gasteiger charge is -2.24. The maximum atomic E-state index is 13.9. The number of aliphatic hydroxyl groups is 1. The topological polar surface area (TPSA) is 70.6 Å². The van der Waals surface area contributed by atoms with Crippen molar-refractivity contribution in [1.82, 2.24) is 10.6 Å². The number of methoxy groups -OCH3 is 1. The van der Waals surface area contributed by atoms with Crippen LogP contribution in [0.1, 0.15) is 44.2 Å². The van der Waals surface area contributed by atoms with Crippen LogP contribution in [-0.4, -0.2) is 30.4 Å². The fourth-order valence-corrected chi connectivity index (χ4v) is 2.89.